The summed E-state index contributed by atoms with van der Waals surface area (Å²) in [5.74, 6) is -0.601. The Morgan fingerprint density at radius 3 is 1.59 bits per heavy atom. The fourth-order valence-electron chi connectivity index (χ4n) is 2.57. The smallest absolute Gasteiger partial charge is 0.419 e. The van der Waals surface area contributed by atoms with Crippen molar-refractivity contribution in [2.75, 3.05) is 0 Å². The van der Waals surface area contributed by atoms with Crippen LogP contribution in [0.5, 0.6) is 23.0 Å². The van der Waals surface area contributed by atoms with Crippen molar-refractivity contribution < 1.29 is 35.8 Å². The number of alkyl halides is 6. The second kappa shape index (κ2) is 7.69. The molecule has 0 atom stereocenters. The molecule has 152 valence electrons. The van der Waals surface area contributed by atoms with Crippen LogP contribution in [0, 0.1) is 6.92 Å². The van der Waals surface area contributed by atoms with Crippen molar-refractivity contribution in [1.29, 1.82) is 0 Å². The molecule has 0 bridgehead atoms. The van der Waals surface area contributed by atoms with Gasteiger partial charge in [-0.1, -0.05) is 23.8 Å². The molecule has 2 nitrogen and oxygen atoms in total. The Labute approximate surface area is 162 Å². The second-order valence-electron chi connectivity index (χ2n) is 6.17. The van der Waals surface area contributed by atoms with Crippen LogP contribution in [0.25, 0.3) is 0 Å². The van der Waals surface area contributed by atoms with Gasteiger partial charge in [-0.2, -0.15) is 26.3 Å². The highest BCUT2D eigenvalue weighted by Crippen LogP contribution is 2.40. The molecule has 0 heterocycles. The summed E-state index contributed by atoms with van der Waals surface area (Å²) < 4.78 is 89.2. The highest BCUT2D eigenvalue weighted by Gasteiger charge is 2.35. The third kappa shape index (κ3) is 5.01. The van der Waals surface area contributed by atoms with E-state index < -0.39 is 23.5 Å². The molecule has 3 aromatic carbocycles. The number of para-hydroxylation sites is 1. The molecule has 0 aliphatic heterocycles. The molecule has 0 aliphatic carbocycles. The van der Waals surface area contributed by atoms with Crippen LogP contribution in [0.4, 0.5) is 26.3 Å². The summed E-state index contributed by atoms with van der Waals surface area (Å²) in [6, 6.07) is 13.6. The van der Waals surface area contributed by atoms with Crippen molar-refractivity contribution in [3.8, 4) is 23.0 Å². The Morgan fingerprint density at radius 1 is 0.586 bits per heavy atom. The number of rotatable bonds is 4. The van der Waals surface area contributed by atoms with E-state index in [0.29, 0.717) is 5.56 Å². The molecular weight excluding hydrogens is 398 g/mol. The molecule has 3 rings (SSSR count). The molecule has 0 N–H and O–H groups in total. The first-order chi connectivity index (χ1) is 13.5. The van der Waals surface area contributed by atoms with Crippen LogP contribution < -0.4 is 9.47 Å². The topological polar surface area (TPSA) is 18.5 Å². The van der Waals surface area contributed by atoms with E-state index in [-0.39, 0.29) is 23.0 Å². The van der Waals surface area contributed by atoms with Crippen molar-refractivity contribution >= 4 is 0 Å². The molecule has 0 aliphatic rings. The lowest BCUT2D eigenvalue weighted by Gasteiger charge is -2.15. The van der Waals surface area contributed by atoms with Gasteiger partial charge < -0.3 is 9.47 Å². The number of hydrogen-bond donors (Lipinski definition) is 0. The SMILES string of the molecule is Cc1ccc(Oc2ccc(Oc3ccccc3C(F)(F)F)cc2)c(C(F)(F)F)c1. The maximum absolute atomic E-state index is 13.2. The van der Waals surface area contributed by atoms with Crippen LogP contribution in [0.2, 0.25) is 0 Å². The molecule has 0 unspecified atom stereocenters. The maximum atomic E-state index is 13.2. The summed E-state index contributed by atoms with van der Waals surface area (Å²) in [6.45, 7) is 1.53. The van der Waals surface area contributed by atoms with Crippen LogP contribution in [0.1, 0.15) is 16.7 Å². The molecule has 0 amide bonds. The van der Waals surface area contributed by atoms with Gasteiger partial charge in [-0.3, -0.25) is 0 Å². The highest BCUT2D eigenvalue weighted by atomic mass is 19.4. The van der Waals surface area contributed by atoms with E-state index in [1.54, 1.807) is 0 Å². The third-order valence-electron chi connectivity index (χ3n) is 3.91. The average molecular weight is 412 g/mol. The largest absolute Gasteiger partial charge is 0.457 e. The average Bonchev–Trinajstić information content (AvgIpc) is 2.63. The number of hydrogen-bond acceptors (Lipinski definition) is 2. The summed E-state index contributed by atoms with van der Waals surface area (Å²) in [5.41, 5.74) is -1.43. The van der Waals surface area contributed by atoms with Gasteiger partial charge in [0, 0.05) is 0 Å². The van der Waals surface area contributed by atoms with Crippen molar-refractivity contribution in [2.24, 2.45) is 0 Å². The standard InChI is InChI=1S/C21H14F6O2/c1-13-6-11-19(17(12-13)21(25,26)27)29-15-9-7-14(8-10-15)28-18-5-3-2-4-16(18)20(22,23)24/h2-12H,1H3. The van der Waals surface area contributed by atoms with Crippen molar-refractivity contribution in [1.82, 2.24) is 0 Å². The van der Waals surface area contributed by atoms with Gasteiger partial charge >= 0.3 is 12.4 Å². The van der Waals surface area contributed by atoms with Crippen molar-refractivity contribution in [3.63, 3.8) is 0 Å². The van der Waals surface area contributed by atoms with Gasteiger partial charge in [0.2, 0.25) is 0 Å². The summed E-state index contributed by atoms with van der Waals surface area (Å²) in [6.07, 6.45) is -9.18. The minimum absolute atomic E-state index is 0.0778. The maximum Gasteiger partial charge on any atom is 0.419 e. The van der Waals surface area contributed by atoms with Crippen molar-refractivity contribution in [2.45, 2.75) is 19.3 Å². The van der Waals surface area contributed by atoms with Gasteiger partial charge in [0.1, 0.15) is 23.0 Å². The van der Waals surface area contributed by atoms with E-state index in [4.69, 9.17) is 9.47 Å². The molecule has 0 saturated carbocycles. The lowest BCUT2D eigenvalue weighted by molar-refractivity contribution is -0.139. The minimum atomic E-state index is -4.59. The number of halogens is 6. The lowest BCUT2D eigenvalue weighted by atomic mass is 10.1. The predicted molar refractivity (Wildman–Crippen MR) is 94.2 cm³/mol. The number of aryl methyl sites for hydroxylation is 1. The molecule has 0 radical (unpaired) electrons. The predicted octanol–water partition coefficient (Wildman–Crippen LogP) is 7.62. The van der Waals surface area contributed by atoms with Gasteiger partial charge in [-0.25, -0.2) is 0 Å². The van der Waals surface area contributed by atoms with Gasteiger partial charge in [-0.15, -0.1) is 0 Å². The normalized spacial score (nSPS) is 12.0. The van der Waals surface area contributed by atoms with Crippen molar-refractivity contribution in [3.05, 3.63) is 83.4 Å². The van der Waals surface area contributed by atoms with Crippen LogP contribution >= 0.6 is 0 Å². The van der Waals surface area contributed by atoms with E-state index in [0.717, 1.165) is 12.1 Å². The molecule has 3 aromatic rings. The monoisotopic (exact) mass is 412 g/mol. The van der Waals surface area contributed by atoms with E-state index in [9.17, 15) is 26.3 Å². The quantitative estimate of drug-likeness (QED) is 0.411. The zero-order valence-electron chi connectivity index (χ0n) is 14.9. The minimum Gasteiger partial charge on any atom is -0.457 e. The Bertz CT molecular complexity index is 991. The first-order valence-corrected chi connectivity index (χ1v) is 8.34. The fraction of sp³-hybridized carbons (Fsp3) is 0.143. The molecule has 0 fully saturated rings. The van der Waals surface area contributed by atoms with Crippen LogP contribution in [0.15, 0.2) is 66.7 Å². The first kappa shape index (κ1) is 20.6. The molecular formula is C21H14F6O2. The van der Waals surface area contributed by atoms with Gasteiger partial charge in [-0.05, 0) is 55.5 Å². The molecule has 0 saturated heterocycles. The van der Waals surface area contributed by atoms with Gasteiger partial charge in [0.15, 0.2) is 0 Å². The molecule has 29 heavy (non-hydrogen) atoms. The van der Waals surface area contributed by atoms with Crippen LogP contribution in [-0.4, -0.2) is 0 Å². The zero-order chi connectivity index (χ0) is 21.2. The van der Waals surface area contributed by atoms with Crippen LogP contribution in [0.3, 0.4) is 0 Å². The Balaban J connectivity index is 1.81. The Kier molecular flexibility index (Phi) is 5.46. The van der Waals surface area contributed by atoms with E-state index in [1.165, 1.54) is 61.5 Å². The zero-order valence-corrected chi connectivity index (χ0v) is 14.9. The number of benzene rings is 3. The summed E-state index contributed by atoms with van der Waals surface area (Å²) in [5, 5.41) is 0. The third-order valence-corrected chi connectivity index (χ3v) is 3.91. The summed E-state index contributed by atoms with van der Waals surface area (Å²) >= 11 is 0. The Morgan fingerprint density at radius 2 is 1.07 bits per heavy atom. The van der Waals surface area contributed by atoms with E-state index in [2.05, 4.69) is 0 Å². The fourth-order valence-corrected chi connectivity index (χ4v) is 2.57. The van der Waals surface area contributed by atoms with Gasteiger partial charge in [0.25, 0.3) is 0 Å². The highest BCUT2D eigenvalue weighted by molar-refractivity contribution is 5.44. The van der Waals surface area contributed by atoms with E-state index in [1.807, 2.05) is 0 Å². The summed E-state index contributed by atoms with van der Waals surface area (Å²) in [7, 11) is 0. The summed E-state index contributed by atoms with van der Waals surface area (Å²) in [4.78, 5) is 0. The second-order valence-corrected chi connectivity index (χ2v) is 6.17. The molecule has 8 heteroatoms. The Hall–Kier alpha value is -3.16. The molecule has 0 spiro atoms. The van der Waals surface area contributed by atoms with Crippen LogP contribution in [-0.2, 0) is 12.4 Å². The first-order valence-electron chi connectivity index (χ1n) is 8.34. The van der Waals surface area contributed by atoms with E-state index >= 15 is 0 Å². The number of ether oxygens (including phenoxy) is 2. The van der Waals surface area contributed by atoms with Gasteiger partial charge in [0.05, 0.1) is 11.1 Å². The lowest BCUT2D eigenvalue weighted by Crippen LogP contribution is -2.07. The molecule has 0 aromatic heterocycles.